The summed E-state index contributed by atoms with van der Waals surface area (Å²) in [5.41, 5.74) is 1.59. The number of aldehydes is 1. The van der Waals surface area contributed by atoms with E-state index in [1.54, 1.807) is 35.2 Å². The molecule has 2 amide bonds. The molecule has 3 unspecified atom stereocenters. The Balaban J connectivity index is 1.49. The SMILES string of the molecule is COc1cc(C=O)cc(I)c1O[C@H]1C=C(C(=O)NCCO)C[C@@H](N(Cc2ccc(Cl)cc2)C(=O)CC2CC3CCC2C3)[C@@H]1O. The second-order valence-electron chi connectivity index (χ2n) is 12.0. The summed E-state index contributed by atoms with van der Waals surface area (Å²) in [4.78, 5) is 40.5. The fraction of sp³-hybridized carbons (Fsp3) is 0.485. The molecule has 2 fully saturated rings. The molecule has 2 aromatic carbocycles. The van der Waals surface area contributed by atoms with Gasteiger partial charge in [0.05, 0.1) is 23.3 Å². The molecule has 6 atom stereocenters. The largest absolute Gasteiger partial charge is 0.493 e. The zero-order chi connectivity index (χ0) is 31.4. The standard InChI is InChI=1S/C33H38ClIN2O7/c1-43-29-13-21(18-39)12-26(35)32(29)44-28-15-24(33(42)36-8-9-38)14-27(31(28)41)37(17-19-3-6-25(34)7-4-19)30(40)16-23-11-20-2-5-22(23)10-20/h3-4,6-7,12-13,15,18,20,22-23,27-28,31,38,41H,2,5,8-11,14,16-17H2,1H3,(H,36,42)/t20?,22?,23?,27-,28+,31+/m1/s1. The monoisotopic (exact) mass is 736 g/mol. The van der Waals surface area contributed by atoms with Gasteiger partial charge in [0.2, 0.25) is 11.8 Å². The predicted molar refractivity (Wildman–Crippen MR) is 174 cm³/mol. The van der Waals surface area contributed by atoms with Crippen LogP contribution in [0, 0.1) is 21.3 Å². The number of hydrogen-bond acceptors (Lipinski definition) is 7. The van der Waals surface area contributed by atoms with Crippen molar-refractivity contribution in [1.82, 2.24) is 10.2 Å². The fourth-order valence-electron chi connectivity index (χ4n) is 6.98. The second-order valence-corrected chi connectivity index (χ2v) is 13.6. The number of aliphatic hydroxyl groups is 2. The van der Waals surface area contributed by atoms with Gasteiger partial charge in [-0.1, -0.05) is 30.2 Å². The van der Waals surface area contributed by atoms with Gasteiger partial charge in [-0.05, 0) is 95.5 Å². The van der Waals surface area contributed by atoms with Gasteiger partial charge < -0.3 is 29.9 Å². The van der Waals surface area contributed by atoms with Crippen molar-refractivity contribution in [2.24, 2.45) is 17.8 Å². The number of aliphatic hydroxyl groups excluding tert-OH is 2. The Kier molecular flexibility index (Phi) is 10.9. The third-order valence-electron chi connectivity index (χ3n) is 9.16. The van der Waals surface area contributed by atoms with Crippen molar-refractivity contribution in [3.63, 3.8) is 0 Å². The number of halogens is 2. The number of ether oxygens (including phenoxy) is 2. The summed E-state index contributed by atoms with van der Waals surface area (Å²) < 4.78 is 12.4. The van der Waals surface area contributed by atoms with E-state index in [1.807, 2.05) is 34.7 Å². The summed E-state index contributed by atoms with van der Waals surface area (Å²) in [6.07, 6.45) is 5.18. The zero-order valence-corrected chi connectivity index (χ0v) is 27.5. The van der Waals surface area contributed by atoms with E-state index >= 15 is 0 Å². The normalized spacial score (nSPS) is 25.7. The molecule has 11 heteroatoms. The van der Waals surface area contributed by atoms with Crippen LogP contribution in [0.3, 0.4) is 0 Å². The number of methoxy groups -OCH3 is 1. The minimum atomic E-state index is -1.19. The molecule has 44 heavy (non-hydrogen) atoms. The van der Waals surface area contributed by atoms with Crippen molar-refractivity contribution in [1.29, 1.82) is 0 Å². The molecule has 2 saturated carbocycles. The molecule has 3 aliphatic rings. The molecule has 0 radical (unpaired) electrons. The predicted octanol–water partition coefficient (Wildman–Crippen LogP) is 4.54. The topological polar surface area (TPSA) is 125 Å². The van der Waals surface area contributed by atoms with Gasteiger partial charge in [0, 0.05) is 42.1 Å². The van der Waals surface area contributed by atoms with Gasteiger partial charge in [0.25, 0.3) is 0 Å². The van der Waals surface area contributed by atoms with E-state index in [1.165, 1.54) is 20.0 Å². The first-order valence-corrected chi connectivity index (χ1v) is 16.5. The molecule has 0 saturated heterocycles. The lowest BCUT2D eigenvalue weighted by molar-refractivity contribution is -0.141. The Labute approximate surface area is 276 Å². The number of benzene rings is 2. The van der Waals surface area contributed by atoms with Crippen molar-refractivity contribution in [3.05, 3.63) is 67.8 Å². The summed E-state index contributed by atoms with van der Waals surface area (Å²) in [5, 5.41) is 24.5. The van der Waals surface area contributed by atoms with Crippen LogP contribution in [-0.4, -0.2) is 71.7 Å². The Morgan fingerprint density at radius 3 is 2.59 bits per heavy atom. The van der Waals surface area contributed by atoms with Crippen LogP contribution in [0.4, 0.5) is 0 Å². The summed E-state index contributed by atoms with van der Waals surface area (Å²) in [7, 11) is 1.46. The highest BCUT2D eigenvalue weighted by Crippen LogP contribution is 2.50. The van der Waals surface area contributed by atoms with Gasteiger partial charge in [0.15, 0.2) is 11.5 Å². The van der Waals surface area contributed by atoms with Crippen LogP contribution in [-0.2, 0) is 16.1 Å². The van der Waals surface area contributed by atoms with Crippen LogP contribution >= 0.6 is 34.2 Å². The molecule has 5 rings (SSSR count). The number of amides is 2. The number of fused-ring (bicyclic) bond motifs is 2. The van der Waals surface area contributed by atoms with Crippen molar-refractivity contribution >= 4 is 52.3 Å². The molecule has 2 aromatic rings. The van der Waals surface area contributed by atoms with Gasteiger partial charge in [-0.3, -0.25) is 14.4 Å². The van der Waals surface area contributed by atoms with E-state index in [0.29, 0.717) is 61.7 Å². The Morgan fingerprint density at radius 1 is 1.18 bits per heavy atom. The Morgan fingerprint density at radius 2 is 1.95 bits per heavy atom. The number of hydrogen-bond donors (Lipinski definition) is 3. The van der Waals surface area contributed by atoms with Crippen molar-refractivity contribution in [2.45, 2.75) is 63.3 Å². The lowest BCUT2D eigenvalue weighted by Gasteiger charge is -2.41. The minimum Gasteiger partial charge on any atom is -0.493 e. The van der Waals surface area contributed by atoms with Crippen LogP contribution < -0.4 is 14.8 Å². The third kappa shape index (κ3) is 7.41. The van der Waals surface area contributed by atoms with E-state index in [4.69, 9.17) is 21.1 Å². The Bertz CT molecular complexity index is 1400. The molecule has 0 spiro atoms. The molecule has 2 bridgehead atoms. The molecule has 0 aliphatic heterocycles. The highest BCUT2D eigenvalue weighted by Gasteiger charge is 2.44. The maximum absolute atomic E-state index is 14.2. The highest BCUT2D eigenvalue weighted by atomic mass is 127. The maximum atomic E-state index is 14.2. The maximum Gasteiger partial charge on any atom is 0.247 e. The molecular formula is C33H38ClIN2O7. The second kappa shape index (κ2) is 14.6. The number of carbonyl (C=O) groups excluding carboxylic acids is 3. The number of rotatable bonds is 12. The number of carbonyl (C=O) groups is 3. The first kappa shape index (κ1) is 32.7. The van der Waals surface area contributed by atoms with Crippen LogP contribution in [0.5, 0.6) is 11.5 Å². The van der Waals surface area contributed by atoms with Crippen LogP contribution in [0.1, 0.15) is 54.4 Å². The highest BCUT2D eigenvalue weighted by molar-refractivity contribution is 14.1. The van der Waals surface area contributed by atoms with Gasteiger partial charge in [-0.25, -0.2) is 0 Å². The van der Waals surface area contributed by atoms with Gasteiger partial charge in [-0.15, -0.1) is 0 Å². The molecule has 0 heterocycles. The van der Waals surface area contributed by atoms with E-state index in [-0.39, 0.29) is 32.0 Å². The average Bonchev–Trinajstić information content (AvgIpc) is 3.65. The van der Waals surface area contributed by atoms with Crippen LogP contribution in [0.15, 0.2) is 48.0 Å². The molecule has 236 valence electrons. The number of nitrogens with one attached hydrogen (secondary N) is 1. The molecule has 9 nitrogen and oxygen atoms in total. The average molecular weight is 737 g/mol. The lowest BCUT2D eigenvalue weighted by atomic mass is 9.84. The van der Waals surface area contributed by atoms with Crippen LogP contribution in [0.2, 0.25) is 5.02 Å². The van der Waals surface area contributed by atoms with Gasteiger partial charge >= 0.3 is 0 Å². The fourth-order valence-corrected chi connectivity index (χ4v) is 7.86. The van der Waals surface area contributed by atoms with Gasteiger partial charge in [-0.2, -0.15) is 0 Å². The molecular weight excluding hydrogens is 699 g/mol. The Hall–Kier alpha value is -2.67. The van der Waals surface area contributed by atoms with Gasteiger partial charge in [0.1, 0.15) is 18.5 Å². The molecule has 3 N–H and O–H groups in total. The summed E-state index contributed by atoms with van der Waals surface area (Å²) in [6, 6.07) is 9.65. The minimum absolute atomic E-state index is 0.0610. The van der Waals surface area contributed by atoms with E-state index < -0.39 is 24.2 Å². The molecule has 3 aliphatic carbocycles. The van der Waals surface area contributed by atoms with E-state index in [0.717, 1.165) is 18.4 Å². The smallest absolute Gasteiger partial charge is 0.247 e. The van der Waals surface area contributed by atoms with Crippen LogP contribution in [0.25, 0.3) is 0 Å². The van der Waals surface area contributed by atoms with E-state index in [9.17, 15) is 24.6 Å². The quantitative estimate of drug-likeness (QED) is 0.216. The summed E-state index contributed by atoms with van der Waals surface area (Å²) >= 11 is 8.18. The lowest BCUT2D eigenvalue weighted by Crippen LogP contribution is -2.55. The first-order chi connectivity index (χ1) is 21.2. The summed E-state index contributed by atoms with van der Waals surface area (Å²) in [6.45, 7) is 0.0609. The van der Waals surface area contributed by atoms with Crippen molar-refractivity contribution in [2.75, 3.05) is 20.3 Å². The number of nitrogens with zero attached hydrogens (tertiary/aromatic N) is 1. The van der Waals surface area contributed by atoms with Crippen molar-refractivity contribution in [3.8, 4) is 11.5 Å². The first-order valence-electron chi connectivity index (χ1n) is 15.0. The van der Waals surface area contributed by atoms with E-state index in [2.05, 4.69) is 5.32 Å². The molecule has 0 aromatic heterocycles. The summed E-state index contributed by atoms with van der Waals surface area (Å²) in [5.74, 6) is 1.69. The third-order valence-corrected chi connectivity index (χ3v) is 10.2. The zero-order valence-electron chi connectivity index (χ0n) is 24.6. The van der Waals surface area contributed by atoms with Crippen molar-refractivity contribution < 1.29 is 34.1 Å².